The average molecular weight is 306 g/mol. The molecule has 3 rings (SSSR count). The van der Waals surface area contributed by atoms with Crippen LogP contribution < -0.4 is 5.32 Å². The number of nitrogens with one attached hydrogen (secondary N) is 1. The van der Waals surface area contributed by atoms with Crippen molar-refractivity contribution in [3.8, 4) is 5.69 Å². The van der Waals surface area contributed by atoms with Crippen LogP contribution in [0.5, 0.6) is 0 Å². The van der Waals surface area contributed by atoms with E-state index in [0.29, 0.717) is 6.04 Å². The SMILES string of the molecule is Cc1cc(Br)cc(-n2cc(C)nc2NC2CC2)c1. The van der Waals surface area contributed by atoms with Crippen LogP contribution in [0.3, 0.4) is 0 Å². The summed E-state index contributed by atoms with van der Waals surface area (Å²) in [5, 5.41) is 3.48. The Balaban J connectivity index is 2.03. The molecule has 1 heterocycles. The van der Waals surface area contributed by atoms with Crippen molar-refractivity contribution in [2.24, 2.45) is 0 Å². The highest BCUT2D eigenvalue weighted by Gasteiger charge is 2.23. The van der Waals surface area contributed by atoms with Gasteiger partial charge < -0.3 is 5.32 Å². The molecule has 0 atom stereocenters. The van der Waals surface area contributed by atoms with Crippen molar-refractivity contribution < 1.29 is 0 Å². The standard InChI is InChI=1S/C14H16BrN3/c1-9-5-11(15)7-13(6-9)18-8-10(2)16-14(18)17-12-3-4-12/h5-8,12H,3-4H2,1-2H3,(H,16,17). The van der Waals surface area contributed by atoms with Crippen molar-refractivity contribution >= 4 is 21.9 Å². The van der Waals surface area contributed by atoms with E-state index in [-0.39, 0.29) is 0 Å². The largest absolute Gasteiger partial charge is 0.353 e. The number of aromatic nitrogens is 2. The monoisotopic (exact) mass is 305 g/mol. The molecule has 0 radical (unpaired) electrons. The van der Waals surface area contributed by atoms with Crippen molar-refractivity contribution in [2.75, 3.05) is 5.32 Å². The second-order valence-corrected chi connectivity index (χ2v) is 5.90. The summed E-state index contributed by atoms with van der Waals surface area (Å²) in [5.74, 6) is 0.951. The van der Waals surface area contributed by atoms with Gasteiger partial charge in [0.05, 0.1) is 5.69 Å². The fraction of sp³-hybridized carbons (Fsp3) is 0.357. The van der Waals surface area contributed by atoms with Gasteiger partial charge in [-0.1, -0.05) is 15.9 Å². The van der Waals surface area contributed by atoms with Gasteiger partial charge in [0.25, 0.3) is 0 Å². The third-order valence-electron chi connectivity index (χ3n) is 3.04. The Labute approximate surface area is 115 Å². The molecule has 0 bridgehead atoms. The first kappa shape index (κ1) is 11.8. The van der Waals surface area contributed by atoms with E-state index >= 15 is 0 Å². The average Bonchev–Trinajstić information content (AvgIpc) is 3.00. The third kappa shape index (κ3) is 2.43. The van der Waals surface area contributed by atoms with Gasteiger partial charge in [-0.25, -0.2) is 4.98 Å². The molecular formula is C14H16BrN3. The molecule has 94 valence electrons. The number of anilines is 1. The molecule has 1 aliphatic rings. The maximum absolute atomic E-state index is 4.56. The minimum Gasteiger partial charge on any atom is -0.353 e. The molecule has 0 spiro atoms. The van der Waals surface area contributed by atoms with Gasteiger partial charge in [0.15, 0.2) is 0 Å². The summed E-state index contributed by atoms with van der Waals surface area (Å²) in [6.45, 7) is 4.13. The molecule has 1 aromatic heterocycles. The smallest absolute Gasteiger partial charge is 0.207 e. The van der Waals surface area contributed by atoms with Crippen LogP contribution in [0, 0.1) is 13.8 Å². The van der Waals surface area contributed by atoms with E-state index in [0.717, 1.165) is 21.8 Å². The number of rotatable bonds is 3. The molecule has 0 aliphatic heterocycles. The molecule has 0 unspecified atom stereocenters. The second-order valence-electron chi connectivity index (χ2n) is 4.98. The van der Waals surface area contributed by atoms with Gasteiger partial charge in [-0.05, 0) is 50.5 Å². The molecule has 1 fully saturated rings. The summed E-state index contributed by atoms with van der Waals surface area (Å²) < 4.78 is 3.23. The number of halogens is 1. The fourth-order valence-corrected chi connectivity index (χ4v) is 2.66. The van der Waals surface area contributed by atoms with E-state index in [4.69, 9.17) is 0 Å². The lowest BCUT2D eigenvalue weighted by molar-refractivity contribution is 1.000. The van der Waals surface area contributed by atoms with Crippen molar-refractivity contribution in [3.05, 3.63) is 40.1 Å². The van der Waals surface area contributed by atoms with Gasteiger partial charge in [0.2, 0.25) is 5.95 Å². The summed E-state index contributed by atoms with van der Waals surface area (Å²) >= 11 is 3.55. The maximum atomic E-state index is 4.56. The van der Waals surface area contributed by atoms with Crippen LogP contribution in [0.1, 0.15) is 24.1 Å². The number of benzene rings is 1. The van der Waals surface area contributed by atoms with Gasteiger partial charge in [-0.3, -0.25) is 4.57 Å². The number of imidazole rings is 1. The number of hydrogen-bond donors (Lipinski definition) is 1. The molecular weight excluding hydrogens is 290 g/mol. The summed E-state index contributed by atoms with van der Waals surface area (Å²) in [4.78, 5) is 4.56. The zero-order chi connectivity index (χ0) is 12.7. The zero-order valence-corrected chi connectivity index (χ0v) is 12.2. The van der Waals surface area contributed by atoms with Gasteiger partial charge >= 0.3 is 0 Å². The molecule has 1 aromatic carbocycles. The third-order valence-corrected chi connectivity index (χ3v) is 3.50. The van der Waals surface area contributed by atoms with Crippen molar-refractivity contribution in [1.82, 2.24) is 9.55 Å². The Morgan fingerprint density at radius 3 is 2.72 bits per heavy atom. The lowest BCUT2D eigenvalue weighted by atomic mass is 10.2. The second kappa shape index (κ2) is 4.43. The topological polar surface area (TPSA) is 29.9 Å². The molecule has 1 N–H and O–H groups in total. The lowest BCUT2D eigenvalue weighted by Crippen LogP contribution is -2.07. The molecule has 4 heteroatoms. The Morgan fingerprint density at radius 1 is 1.28 bits per heavy atom. The fourth-order valence-electron chi connectivity index (χ4n) is 2.06. The van der Waals surface area contributed by atoms with E-state index in [1.54, 1.807) is 0 Å². The predicted molar refractivity (Wildman–Crippen MR) is 77.4 cm³/mol. The van der Waals surface area contributed by atoms with E-state index in [1.807, 2.05) is 6.92 Å². The van der Waals surface area contributed by atoms with E-state index in [2.05, 4.69) is 62.1 Å². The number of aryl methyl sites for hydroxylation is 2. The summed E-state index contributed by atoms with van der Waals surface area (Å²) in [5.41, 5.74) is 3.42. The Hall–Kier alpha value is -1.29. The molecule has 2 aromatic rings. The van der Waals surface area contributed by atoms with Crippen LogP contribution in [-0.4, -0.2) is 15.6 Å². The quantitative estimate of drug-likeness (QED) is 0.934. The van der Waals surface area contributed by atoms with E-state index in [1.165, 1.54) is 18.4 Å². The highest BCUT2D eigenvalue weighted by molar-refractivity contribution is 9.10. The lowest BCUT2D eigenvalue weighted by Gasteiger charge is -2.10. The molecule has 1 aliphatic carbocycles. The minimum atomic E-state index is 0.610. The van der Waals surface area contributed by atoms with Crippen LogP contribution in [0.4, 0.5) is 5.95 Å². The van der Waals surface area contributed by atoms with Gasteiger partial charge in [-0.2, -0.15) is 0 Å². The van der Waals surface area contributed by atoms with Crippen molar-refractivity contribution in [3.63, 3.8) is 0 Å². The number of hydrogen-bond acceptors (Lipinski definition) is 2. The molecule has 1 saturated carbocycles. The predicted octanol–water partition coefficient (Wildman–Crippen LogP) is 3.83. The molecule has 18 heavy (non-hydrogen) atoms. The van der Waals surface area contributed by atoms with Gasteiger partial charge in [-0.15, -0.1) is 0 Å². The first-order valence-electron chi connectivity index (χ1n) is 6.22. The van der Waals surface area contributed by atoms with Crippen LogP contribution in [0.15, 0.2) is 28.9 Å². The first-order chi connectivity index (χ1) is 8.61. The van der Waals surface area contributed by atoms with Crippen LogP contribution in [0.25, 0.3) is 5.69 Å². The molecule has 0 saturated heterocycles. The van der Waals surface area contributed by atoms with Crippen LogP contribution in [-0.2, 0) is 0 Å². The van der Waals surface area contributed by atoms with Gasteiger partial charge in [0.1, 0.15) is 0 Å². The summed E-state index contributed by atoms with van der Waals surface area (Å²) in [7, 11) is 0. The molecule has 0 amide bonds. The number of nitrogens with zero attached hydrogens (tertiary/aromatic N) is 2. The summed E-state index contributed by atoms with van der Waals surface area (Å²) in [6, 6.07) is 7.01. The zero-order valence-electron chi connectivity index (χ0n) is 10.6. The Bertz CT molecular complexity index is 564. The van der Waals surface area contributed by atoms with E-state index < -0.39 is 0 Å². The molecule has 3 nitrogen and oxygen atoms in total. The minimum absolute atomic E-state index is 0.610. The highest BCUT2D eigenvalue weighted by Crippen LogP contribution is 2.27. The highest BCUT2D eigenvalue weighted by atomic mass is 79.9. The van der Waals surface area contributed by atoms with Gasteiger partial charge in [0, 0.05) is 22.4 Å². The first-order valence-corrected chi connectivity index (χ1v) is 7.01. The summed E-state index contributed by atoms with van der Waals surface area (Å²) in [6.07, 6.45) is 4.58. The van der Waals surface area contributed by atoms with Crippen molar-refractivity contribution in [2.45, 2.75) is 32.7 Å². The maximum Gasteiger partial charge on any atom is 0.207 e. The van der Waals surface area contributed by atoms with Crippen LogP contribution >= 0.6 is 15.9 Å². The van der Waals surface area contributed by atoms with Crippen LogP contribution in [0.2, 0.25) is 0 Å². The van der Waals surface area contributed by atoms with Crippen molar-refractivity contribution in [1.29, 1.82) is 0 Å². The Kier molecular flexibility index (Phi) is 2.90. The Morgan fingerprint density at radius 2 is 2.06 bits per heavy atom. The van der Waals surface area contributed by atoms with E-state index in [9.17, 15) is 0 Å². The normalized spacial score (nSPS) is 14.8.